The van der Waals surface area contributed by atoms with E-state index in [4.69, 9.17) is 0 Å². The van der Waals surface area contributed by atoms with Gasteiger partial charge in [0.2, 0.25) is 5.91 Å². The van der Waals surface area contributed by atoms with E-state index in [9.17, 15) is 4.79 Å². The van der Waals surface area contributed by atoms with Gasteiger partial charge in [-0.05, 0) is 6.42 Å². The highest BCUT2D eigenvalue weighted by molar-refractivity contribution is 5.75. The summed E-state index contributed by atoms with van der Waals surface area (Å²) in [5.41, 5.74) is 0. The second kappa shape index (κ2) is 5.56. The van der Waals surface area contributed by atoms with Crippen molar-refractivity contribution >= 4 is 5.91 Å². The zero-order valence-electron chi connectivity index (χ0n) is 5.94. The minimum Gasteiger partial charge on any atom is -0.364 e. The number of carbonyl (C=O) groups is 1. The average molecular weight is 131 g/mol. The lowest BCUT2D eigenvalue weighted by Gasteiger charge is -1.99. The smallest absolute Gasteiger partial charge is 0.221 e. The van der Waals surface area contributed by atoms with Crippen LogP contribution >= 0.6 is 0 Å². The van der Waals surface area contributed by atoms with Crippen LogP contribution in [0.2, 0.25) is 0 Å². The molecule has 0 spiro atoms. The van der Waals surface area contributed by atoms with E-state index in [1.807, 2.05) is 6.92 Å². The van der Waals surface area contributed by atoms with Crippen molar-refractivity contribution in [1.29, 1.82) is 0 Å². The van der Waals surface area contributed by atoms with Crippen molar-refractivity contribution in [2.45, 2.75) is 19.8 Å². The highest BCUT2D eigenvalue weighted by atomic mass is 16.5. The van der Waals surface area contributed by atoms with E-state index in [0.717, 1.165) is 6.42 Å². The second-order valence-corrected chi connectivity index (χ2v) is 1.78. The first-order valence-corrected chi connectivity index (χ1v) is 3.07. The summed E-state index contributed by atoms with van der Waals surface area (Å²) in [6.45, 7) is 2.28. The van der Waals surface area contributed by atoms with E-state index < -0.39 is 0 Å². The summed E-state index contributed by atoms with van der Waals surface area (Å²) >= 11 is 0. The maximum atomic E-state index is 10.6. The molecule has 0 atom stereocenters. The fraction of sp³-hybridized carbons (Fsp3) is 0.833. The number of carbonyl (C=O) groups excluding carboxylic acids is 1. The van der Waals surface area contributed by atoms with Crippen molar-refractivity contribution in [1.82, 2.24) is 5.32 Å². The fourth-order valence-electron chi connectivity index (χ4n) is 0.468. The summed E-state index contributed by atoms with van der Waals surface area (Å²) in [5.74, 6) is 0.0550. The Bertz CT molecular complexity index is 83.1. The minimum absolute atomic E-state index is 0.0550. The van der Waals surface area contributed by atoms with Gasteiger partial charge in [-0.2, -0.15) is 0 Å². The lowest BCUT2D eigenvalue weighted by molar-refractivity contribution is -0.122. The predicted molar refractivity (Wildman–Crippen MR) is 34.9 cm³/mol. The third-order valence-corrected chi connectivity index (χ3v) is 0.891. The SMILES string of the molecule is CCCC(=O)NCOC. The third kappa shape index (κ3) is 5.30. The number of amides is 1. The summed E-state index contributed by atoms with van der Waals surface area (Å²) in [5, 5.41) is 2.57. The number of nitrogens with one attached hydrogen (secondary N) is 1. The molecule has 0 aromatic heterocycles. The Morgan fingerprint density at radius 2 is 2.33 bits per heavy atom. The van der Waals surface area contributed by atoms with Crippen LogP contribution in [0.15, 0.2) is 0 Å². The topological polar surface area (TPSA) is 38.3 Å². The fourth-order valence-corrected chi connectivity index (χ4v) is 0.468. The number of hydrogen-bond acceptors (Lipinski definition) is 2. The lowest BCUT2D eigenvalue weighted by Crippen LogP contribution is -2.24. The molecule has 0 saturated carbocycles. The van der Waals surface area contributed by atoms with Gasteiger partial charge < -0.3 is 10.1 Å². The van der Waals surface area contributed by atoms with E-state index in [1.54, 1.807) is 7.11 Å². The lowest BCUT2D eigenvalue weighted by atomic mass is 10.3. The zero-order chi connectivity index (χ0) is 7.11. The van der Waals surface area contributed by atoms with Crippen LogP contribution in [0.3, 0.4) is 0 Å². The van der Waals surface area contributed by atoms with Gasteiger partial charge >= 0.3 is 0 Å². The average Bonchev–Trinajstić information content (AvgIpc) is 1.85. The molecule has 54 valence electrons. The van der Waals surface area contributed by atoms with Crippen LogP contribution < -0.4 is 5.32 Å². The number of ether oxygens (including phenoxy) is 1. The second-order valence-electron chi connectivity index (χ2n) is 1.78. The molecule has 0 heterocycles. The molecule has 9 heavy (non-hydrogen) atoms. The molecule has 3 heteroatoms. The molecule has 0 aromatic carbocycles. The van der Waals surface area contributed by atoms with Crippen molar-refractivity contribution in [2.75, 3.05) is 13.8 Å². The normalized spacial score (nSPS) is 9.11. The Balaban J connectivity index is 3.06. The maximum Gasteiger partial charge on any atom is 0.221 e. The highest BCUT2D eigenvalue weighted by Gasteiger charge is 1.94. The minimum atomic E-state index is 0.0550. The van der Waals surface area contributed by atoms with Crippen LogP contribution in [-0.2, 0) is 9.53 Å². The first-order valence-electron chi connectivity index (χ1n) is 3.07. The third-order valence-electron chi connectivity index (χ3n) is 0.891. The molecule has 0 aliphatic carbocycles. The van der Waals surface area contributed by atoms with E-state index in [0.29, 0.717) is 13.2 Å². The first-order chi connectivity index (χ1) is 4.31. The summed E-state index contributed by atoms with van der Waals surface area (Å²) < 4.78 is 4.63. The Kier molecular flexibility index (Phi) is 5.21. The van der Waals surface area contributed by atoms with Gasteiger partial charge in [0, 0.05) is 13.5 Å². The van der Waals surface area contributed by atoms with E-state index in [1.165, 1.54) is 0 Å². The van der Waals surface area contributed by atoms with Crippen molar-refractivity contribution in [3.8, 4) is 0 Å². The van der Waals surface area contributed by atoms with Crippen molar-refractivity contribution in [3.05, 3.63) is 0 Å². The maximum absolute atomic E-state index is 10.6. The van der Waals surface area contributed by atoms with Gasteiger partial charge in [0.15, 0.2) is 0 Å². The quantitative estimate of drug-likeness (QED) is 0.564. The Morgan fingerprint density at radius 3 is 2.78 bits per heavy atom. The molecule has 0 aromatic rings. The molecule has 0 rings (SSSR count). The van der Waals surface area contributed by atoms with E-state index in [2.05, 4.69) is 10.1 Å². The summed E-state index contributed by atoms with van der Waals surface area (Å²) in [6, 6.07) is 0. The largest absolute Gasteiger partial charge is 0.364 e. The van der Waals surface area contributed by atoms with Gasteiger partial charge in [-0.3, -0.25) is 4.79 Å². The van der Waals surface area contributed by atoms with Crippen molar-refractivity contribution in [2.24, 2.45) is 0 Å². The molecule has 3 nitrogen and oxygen atoms in total. The van der Waals surface area contributed by atoms with E-state index in [-0.39, 0.29) is 5.91 Å². The first kappa shape index (κ1) is 8.43. The molecule has 0 bridgehead atoms. The Hall–Kier alpha value is -0.570. The Labute approximate surface area is 55.4 Å². The van der Waals surface area contributed by atoms with Crippen LogP contribution in [0.1, 0.15) is 19.8 Å². The predicted octanol–water partition coefficient (Wildman–Crippen LogP) is 0.507. The molecule has 0 unspecified atom stereocenters. The van der Waals surface area contributed by atoms with E-state index >= 15 is 0 Å². The molecule has 0 fully saturated rings. The van der Waals surface area contributed by atoms with Crippen LogP contribution in [0, 0.1) is 0 Å². The summed E-state index contributed by atoms with van der Waals surface area (Å²) in [7, 11) is 1.55. The van der Waals surface area contributed by atoms with Gasteiger partial charge in [-0.25, -0.2) is 0 Å². The van der Waals surface area contributed by atoms with Crippen molar-refractivity contribution < 1.29 is 9.53 Å². The van der Waals surface area contributed by atoms with Crippen molar-refractivity contribution in [3.63, 3.8) is 0 Å². The van der Waals surface area contributed by atoms with Gasteiger partial charge in [0.25, 0.3) is 0 Å². The molecule has 0 saturated heterocycles. The summed E-state index contributed by atoms with van der Waals surface area (Å²) in [6.07, 6.45) is 1.47. The number of rotatable bonds is 4. The standard InChI is InChI=1S/C6H13NO2/c1-3-4-6(8)7-5-9-2/h3-5H2,1-2H3,(H,7,8). The van der Waals surface area contributed by atoms with Crippen LogP contribution in [0.25, 0.3) is 0 Å². The van der Waals surface area contributed by atoms with Crippen LogP contribution in [0.5, 0.6) is 0 Å². The molecular weight excluding hydrogens is 118 g/mol. The highest BCUT2D eigenvalue weighted by Crippen LogP contribution is 1.83. The van der Waals surface area contributed by atoms with Gasteiger partial charge in [0.05, 0.1) is 0 Å². The molecule has 1 amide bonds. The monoisotopic (exact) mass is 131 g/mol. The van der Waals surface area contributed by atoms with Crippen LogP contribution in [-0.4, -0.2) is 19.7 Å². The number of methoxy groups -OCH3 is 1. The van der Waals surface area contributed by atoms with Gasteiger partial charge in [-0.1, -0.05) is 6.92 Å². The van der Waals surface area contributed by atoms with Gasteiger partial charge in [0.1, 0.15) is 6.73 Å². The molecule has 0 aliphatic heterocycles. The van der Waals surface area contributed by atoms with Gasteiger partial charge in [-0.15, -0.1) is 0 Å². The molecule has 1 N–H and O–H groups in total. The zero-order valence-corrected chi connectivity index (χ0v) is 5.94. The summed E-state index contributed by atoms with van der Waals surface area (Å²) in [4.78, 5) is 10.6. The molecule has 0 radical (unpaired) electrons. The Morgan fingerprint density at radius 1 is 1.67 bits per heavy atom. The number of hydrogen-bond donors (Lipinski definition) is 1. The van der Waals surface area contributed by atoms with Crippen LogP contribution in [0.4, 0.5) is 0 Å². The molecule has 0 aliphatic rings. The molecular formula is C6H13NO2.